The van der Waals surface area contributed by atoms with Crippen LogP contribution in [0.5, 0.6) is 0 Å². The maximum atomic E-state index is 12.2. The molecule has 10 heteroatoms. The molecular weight excluding hydrogens is 368 g/mol. The number of thioether (sulfide) groups is 1. The van der Waals surface area contributed by atoms with Crippen LogP contribution in [0.15, 0.2) is 27.7 Å². The summed E-state index contributed by atoms with van der Waals surface area (Å²) in [5.41, 5.74) is 0. The van der Waals surface area contributed by atoms with E-state index in [0.29, 0.717) is 12.2 Å². The summed E-state index contributed by atoms with van der Waals surface area (Å²) in [6, 6.07) is 2.94. The Balaban J connectivity index is 1.53. The van der Waals surface area contributed by atoms with Crippen molar-refractivity contribution in [2.24, 2.45) is 0 Å². The second-order valence-electron chi connectivity index (χ2n) is 5.77. The molecule has 25 heavy (non-hydrogen) atoms. The van der Waals surface area contributed by atoms with Crippen LogP contribution in [-0.2, 0) is 19.4 Å². The number of hydrogen-bond donors (Lipinski definition) is 1. The molecule has 8 nitrogen and oxygen atoms in total. The average molecular weight is 384 g/mol. The molecule has 2 saturated heterocycles. The first-order valence-electron chi connectivity index (χ1n) is 7.63. The molecule has 0 aromatic carbocycles. The van der Waals surface area contributed by atoms with Crippen molar-refractivity contribution >= 4 is 44.7 Å². The van der Waals surface area contributed by atoms with Crippen molar-refractivity contribution in [3.05, 3.63) is 29.1 Å². The van der Waals surface area contributed by atoms with Crippen LogP contribution in [0.3, 0.4) is 0 Å². The Morgan fingerprint density at radius 2 is 2.24 bits per heavy atom. The molecule has 3 amide bonds. The molecule has 1 aromatic heterocycles. The molecule has 2 aliphatic heterocycles. The predicted molar refractivity (Wildman–Crippen MR) is 91.2 cm³/mol. The van der Waals surface area contributed by atoms with Gasteiger partial charge in [0.1, 0.15) is 5.76 Å². The van der Waals surface area contributed by atoms with E-state index >= 15 is 0 Å². The van der Waals surface area contributed by atoms with Crippen molar-refractivity contribution in [1.82, 2.24) is 10.2 Å². The van der Waals surface area contributed by atoms with Crippen molar-refractivity contribution in [3.63, 3.8) is 0 Å². The van der Waals surface area contributed by atoms with Crippen molar-refractivity contribution < 1.29 is 27.2 Å². The molecule has 2 fully saturated rings. The Labute approximate surface area is 148 Å². The Morgan fingerprint density at radius 3 is 2.88 bits per heavy atom. The van der Waals surface area contributed by atoms with Crippen molar-refractivity contribution in [1.29, 1.82) is 0 Å². The minimum Gasteiger partial charge on any atom is -0.465 e. The molecule has 0 bridgehead atoms. The highest BCUT2D eigenvalue weighted by molar-refractivity contribution is 8.18. The highest BCUT2D eigenvalue weighted by Gasteiger charge is 2.35. The number of nitrogens with zero attached hydrogens (tertiary/aromatic N) is 1. The number of nitrogens with one attached hydrogen (secondary N) is 1. The number of carbonyl (C=O) groups is 3. The average Bonchev–Trinajstić information content (AvgIpc) is 3.21. The summed E-state index contributed by atoms with van der Waals surface area (Å²) in [6.45, 7) is -0.0501. The van der Waals surface area contributed by atoms with Crippen LogP contribution in [0.1, 0.15) is 18.6 Å². The molecule has 134 valence electrons. The van der Waals surface area contributed by atoms with Crippen molar-refractivity contribution in [3.8, 4) is 0 Å². The quantitative estimate of drug-likeness (QED) is 0.754. The van der Waals surface area contributed by atoms with Gasteiger partial charge in [0, 0.05) is 25.1 Å². The predicted octanol–water partition coefficient (Wildman–Crippen LogP) is 1.01. The third-order valence-corrected chi connectivity index (χ3v) is 6.53. The summed E-state index contributed by atoms with van der Waals surface area (Å²) in [5, 5.41) is 2.19. The van der Waals surface area contributed by atoms with Crippen LogP contribution in [-0.4, -0.2) is 54.5 Å². The third-order valence-electron chi connectivity index (χ3n) is 3.85. The lowest BCUT2D eigenvalue weighted by Crippen LogP contribution is -2.38. The number of rotatable bonds is 5. The Morgan fingerprint density at radius 1 is 1.44 bits per heavy atom. The number of imide groups is 1. The molecule has 1 N–H and O–H groups in total. The van der Waals surface area contributed by atoms with E-state index < -0.39 is 27.0 Å². The SMILES string of the molecule is O=C(CCN1C(=O)S/C(=C/c2ccco2)C1=O)N[C@H]1CCS(=O)(=O)C1. The van der Waals surface area contributed by atoms with Gasteiger partial charge in [-0.2, -0.15) is 0 Å². The third kappa shape index (κ3) is 4.31. The highest BCUT2D eigenvalue weighted by atomic mass is 32.2. The van der Waals surface area contributed by atoms with Gasteiger partial charge in [-0.3, -0.25) is 19.3 Å². The van der Waals surface area contributed by atoms with Gasteiger partial charge < -0.3 is 9.73 Å². The fraction of sp³-hybridized carbons (Fsp3) is 0.400. The minimum atomic E-state index is -3.07. The highest BCUT2D eigenvalue weighted by Crippen LogP contribution is 2.32. The zero-order chi connectivity index (χ0) is 18.0. The van der Waals surface area contributed by atoms with Crippen molar-refractivity contribution in [2.45, 2.75) is 18.9 Å². The fourth-order valence-electron chi connectivity index (χ4n) is 2.62. The summed E-state index contributed by atoms with van der Waals surface area (Å²) in [7, 11) is -3.07. The molecule has 1 atom stereocenters. The molecular formula is C15H16N2O6S2. The van der Waals surface area contributed by atoms with E-state index in [1.165, 1.54) is 12.3 Å². The van der Waals surface area contributed by atoms with E-state index in [2.05, 4.69) is 5.32 Å². The summed E-state index contributed by atoms with van der Waals surface area (Å²) in [5.74, 6) is -0.380. The summed E-state index contributed by atoms with van der Waals surface area (Å²) in [4.78, 5) is 37.4. The van der Waals surface area contributed by atoms with Gasteiger partial charge in [-0.1, -0.05) is 0 Å². The Hall–Kier alpha value is -2.07. The van der Waals surface area contributed by atoms with Crippen LogP contribution in [0, 0.1) is 0 Å². The van der Waals surface area contributed by atoms with E-state index in [4.69, 9.17) is 4.42 Å². The lowest BCUT2D eigenvalue weighted by atomic mass is 10.2. The number of carbonyl (C=O) groups excluding carboxylic acids is 3. The lowest BCUT2D eigenvalue weighted by molar-refractivity contribution is -0.124. The molecule has 0 unspecified atom stereocenters. The first-order valence-corrected chi connectivity index (χ1v) is 10.3. The molecule has 1 aromatic rings. The zero-order valence-electron chi connectivity index (χ0n) is 13.1. The van der Waals surface area contributed by atoms with Gasteiger partial charge in [0.2, 0.25) is 5.91 Å². The molecule has 0 saturated carbocycles. The Kier molecular flexibility index (Phi) is 5.00. The molecule has 3 rings (SSSR count). The van der Waals surface area contributed by atoms with Gasteiger partial charge in [0.25, 0.3) is 11.1 Å². The smallest absolute Gasteiger partial charge is 0.293 e. The van der Waals surface area contributed by atoms with Crippen LogP contribution < -0.4 is 5.32 Å². The number of amides is 3. The largest absolute Gasteiger partial charge is 0.465 e. The van der Waals surface area contributed by atoms with Crippen molar-refractivity contribution in [2.75, 3.05) is 18.1 Å². The first kappa shape index (κ1) is 17.7. The van der Waals surface area contributed by atoms with Gasteiger partial charge in [0.05, 0.1) is 22.7 Å². The van der Waals surface area contributed by atoms with E-state index in [1.54, 1.807) is 12.1 Å². The lowest BCUT2D eigenvalue weighted by Gasteiger charge is -2.14. The van der Waals surface area contributed by atoms with Crippen LogP contribution in [0.25, 0.3) is 6.08 Å². The van der Waals surface area contributed by atoms with E-state index in [0.717, 1.165) is 16.7 Å². The molecule has 2 aliphatic rings. The van der Waals surface area contributed by atoms with Gasteiger partial charge in [0.15, 0.2) is 9.84 Å². The van der Waals surface area contributed by atoms with Gasteiger partial charge in [-0.25, -0.2) is 8.42 Å². The number of furan rings is 1. The molecule has 0 radical (unpaired) electrons. The van der Waals surface area contributed by atoms with Gasteiger partial charge in [-0.15, -0.1) is 0 Å². The summed E-state index contributed by atoms with van der Waals surface area (Å²) < 4.78 is 27.9. The zero-order valence-corrected chi connectivity index (χ0v) is 14.8. The molecule has 3 heterocycles. The molecule has 0 spiro atoms. The van der Waals surface area contributed by atoms with Gasteiger partial charge in [-0.05, 0) is 30.3 Å². The summed E-state index contributed by atoms with van der Waals surface area (Å²) in [6.07, 6.45) is 3.27. The van der Waals surface area contributed by atoms with Gasteiger partial charge >= 0.3 is 0 Å². The second-order valence-corrected chi connectivity index (χ2v) is 8.99. The van der Waals surface area contributed by atoms with Crippen LogP contribution in [0.4, 0.5) is 4.79 Å². The van der Waals surface area contributed by atoms with E-state index in [9.17, 15) is 22.8 Å². The first-order chi connectivity index (χ1) is 11.8. The monoisotopic (exact) mass is 384 g/mol. The fourth-order valence-corrected chi connectivity index (χ4v) is 5.14. The van der Waals surface area contributed by atoms with Crippen LogP contribution >= 0.6 is 11.8 Å². The minimum absolute atomic E-state index is 0.0501. The maximum absolute atomic E-state index is 12.2. The van der Waals surface area contributed by atoms with E-state index in [1.807, 2.05) is 0 Å². The number of hydrogen-bond acceptors (Lipinski definition) is 7. The standard InChI is InChI=1S/C15H16N2O6S2/c18-13(16-10-4-7-25(21,22)9-10)3-5-17-14(19)12(24-15(17)20)8-11-2-1-6-23-11/h1-2,6,8,10H,3-5,7,9H2,(H,16,18)/b12-8+/t10-/m0/s1. The molecule has 0 aliphatic carbocycles. The van der Waals surface area contributed by atoms with Crippen LogP contribution in [0.2, 0.25) is 0 Å². The normalized spacial score (nSPS) is 24.2. The summed E-state index contributed by atoms with van der Waals surface area (Å²) >= 11 is 0.792. The second kappa shape index (κ2) is 7.04. The number of sulfone groups is 1. The maximum Gasteiger partial charge on any atom is 0.293 e. The van der Waals surface area contributed by atoms with E-state index in [-0.39, 0.29) is 35.3 Å². The topological polar surface area (TPSA) is 114 Å². The Bertz CT molecular complexity index is 828.